The van der Waals surface area contributed by atoms with Gasteiger partial charge < -0.3 is 19.1 Å². The normalized spacial score (nSPS) is 14.8. The maximum Gasteiger partial charge on any atom is 0.304 e. The van der Waals surface area contributed by atoms with Crippen LogP contribution in [0, 0.1) is 0 Å². The molecule has 1 fully saturated rings. The molecule has 2 aromatic heterocycles. The topological polar surface area (TPSA) is 70.3 Å². The fourth-order valence-electron chi connectivity index (χ4n) is 4.28. The number of aliphatic carboxylic acids is 1. The average molecular weight is 431 g/mol. The molecule has 32 heavy (non-hydrogen) atoms. The minimum absolute atomic E-state index is 0.191. The van der Waals surface area contributed by atoms with Gasteiger partial charge in [0.25, 0.3) is 0 Å². The van der Waals surface area contributed by atoms with Crippen molar-refractivity contribution in [2.75, 3.05) is 37.6 Å². The molecule has 0 unspecified atom stereocenters. The van der Waals surface area contributed by atoms with Crippen molar-refractivity contribution in [1.29, 1.82) is 0 Å². The molecule has 1 saturated heterocycles. The van der Waals surface area contributed by atoms with E-state index in [1.807, 2.05) is 36.7 Å². The zero-order valence-electron chi connectivity index (χ0n) is 17.9. The molecule has 4 aromatic rings. The van der Waals surface area contributed by atoms with E-state index in [1.54, 1.807) is 0 Å². The summed E-state index contributed by atoms with van der Waals surface area (Å²) in [7, 11) is 0. The minimum Gasteiger partial charge on any atom is -0.487 e. The van der Waals surface area contributed by atoms with Gasteiger partial charge in [-0.2, -0.15) is 0 Å². The zero-order chi connectivity index (χ0) is 21.9. The fourth-order valence-corrected chi connectivity index (χ4v) is 4.28. The molecule has 1 N–H and O–H groups in total. The van der Waals surface area contributed by atoms with Crippen LogP contribution in [-0.4, -0.2) is 58.1 Å². The molecule has 0 atom stereocenters. The first-order valence-electron chi connectivity index (χ1n) is 10.9. The lowest BCUT2D eigenvalue weighted by Gasteiger charge is -2.36. The highest BCUT2D eigenvalue weighted by atomic mass is 16.5. The average Bonchev–Trinajstić information content (AvgIpc) is 3.26. The van der Waals surface area contributed by atoms with Crippen LogP contribution in [0.4, 0.5) is 5.69 Å². The van der Waals surface area contributed by atoms with E-state index in [0.717, 1.165) is 59.7 Å². The molecule has 3 heterocycles. The molecule has 0 aliphatic carbocycles. The largest absolute Gasteiger partial charge is 0.487 e. The molecule has 0 bridgehead atoms. The van der Waals surface area contributed by atoms with Crippen molar-refractivity contribution < 1.29 is 14.6 Å². The first-order valence-corrected chi connectivity index (χ1v) is 10.9. The van der Waals surface area contributed by atoms with Gasteiger partial charge in [-0.3, -0.25) is 14.7 Å². The van der Waals surface area contributed by atoms with Crippen molar-refractivity contribution in [1.82, 2.24) is 14.3 Å². The van der Waals surface area contributed by atoms with Crippen molar-refractivity contribution in [3.8, 4) is 5.75 Å². The number of carboxylic acid groups (broad SMARTS) is 1. The predicted octanol–water partition coefficient (Wildman–Crippen LogP) is 3.66. The van der Waals surface area contributed by atoms with E-state index < -0.39 is 5.97 Å². The molecule has 0 spiro atoms. The van der Waals surface area contributed by atoms with Gasteiger partial charge in [-0.05, 0) is 17.7 Å². The fraction of sp³-hybridized carbons (Fsp3) is 0.280. The molecule has 0 saturated carbocycles. The number of ether oxygens (including phenoxy) is 1. The Labute approximate surface area is 186 Å². The number of hydrogen-bond acceptors (Lipinski definition) is 5. The maximum absolute atomic E-state index is 10.8. The number of nitrogens with zero attached hydrogens (tertiary/aromatic N) is 4. The lowest BCUT2D eigenvalue weighted by molar-refractivity contribution is -0.137. The minimum atomic E-state index is -0.742. The van der Waals surface area contributed by atoms with Gasteiger partial charge in [0.15, 0.2) is 0 Å². The molecule has 7 nitrogen and oxygen atoms in total. The number of anilines is 1. The van der Waals surface area contributed by atoms with Crippen LogP contribution >= 0.6 is 0 Å². The van der Waals surface area contributed by atoms with Gasteiger partial charge >= 0.3 is 5.97 Å². The number of aromatic nitrogens is 2. The van der Waals surface area contributed by atoms with Crippen LogP contribution in [0.1, 0.15) is 12.0 Å². The molecule has 0 radical (unpaired) electrons. The van der Waals surface area contributed by atoms with Gasteiger partial charge in [0.2, 0.25) is 0 Å². The molecule has 7 heteroatoms. The van der Waals surface area contributed by atoms with Gasteiger partial charge in [0.05, 0.1) is 35.5 Å². The third-order valence-electron chi connectivity index (χ3n) is 6.01. The smallest absolute Gasteiger partial charge is 0.304 e. The molecular formula is C25H26N4O3. The van der Waals surface area contributed by atoms with Crippen molar-refractivity contribution in [2.24, 2.45) is 0 Å². The monoisotopic (exact) mass is 430 g/mol. The Bertz CT molecular complexity index is 1230. The zero-order valence-corrected chi connectivity index (χ0v) is 17.9. The van der Waals surface area contributed by atoms with Crippen LogP contribution in [0.3, 0.4) is 0 Å². The van der Waals surface area contributed by atoms with Crippen molar-refractivity contribution in [3.05, 3.63) is 72.6 Å². The number of piperazine rings is 1. The number of benzene rings is 2. The third-order valence-corrected chi connectivity index (χ3v) is 6.01. The molecule has 0 amide bonds. The third kappa shape index (κ3) is 4.24. The van der Waals surface area contributed by atoms with Gasteiger partial charge in [-0.1, -0.05) is 36.4 Å². The van der Waals surface area contributed by atoms with Crippen molar-refractivity contribution >= 4 is 28.2 Å². The molecule has 1 aliphatic heterocycles. The summed E-state index contributed by atoms with van der Waals surface area (Å²) in [5.41, 5.74) is 5.25. The summed E-state index contributed by atoms with van der Waals surface area (Å²) in [6.45, 7) is 4.55. The first-order chi connectivity index (χ1) is 15.7. The standard InChI is InChI=1S/C25H26N4O3/c30-24(31)9-10-27-11-13-28(14-12-27)22-7-4-8-23-25(22)26-16-20-15-21(17-29(20)23)32-18-19-5-2-1-3-6-19/h1-8,15-17H,9-14,18H2,(H,30,31). The Kier molecular flexibility index (Phi) is 5.64. The van der Waals surface area contributed by atoms with E-state index >= 15 is 0 Å². The summed E-state index contributed by atoms with van der Waals surface area (Å²) in [6.07, 6.45) is 4.11. The van der Waals surface area contributed by atoms with Gasteiger partial charge in [0.1, 0.15) is 17.9 Å². The number of para-hydroxylation sites is 1. The van der Waals surface area contributed by atoms with E-state index in [1.165, 1.54) is 0 Å². The molecule has 5 rings (SSSR count). The van der Waals surface area contributed by atoms with E-state index in [4.69, 9.17) is 14.8 Å². The Morgan fingerprint density at radius 3 is 2.62 bits per heavy atom. The molecular weight excluding hydrogens is 404 g/mol. The lowest BCUT2D eigenvalue weighted by atomic mass is 10.2. The number of hydrogen-bond donors (Lipinski definition) is 1. The van der Waals surface area contributed by atoms with Crippen molar-refractivity contribution in [2.45, 2.75) is 13.0 Å². The second-order valence-electron chi connectivity index (χ2n) is 8.12. The Morgan fingerprint density at radius 2 is 1.84 bits per heavy atom. The molecule has 2 aromatic carbocycles. The SMILES string of the molecule is O=C(O)CCN1CCN(c2cccc3c2ncc2cc(OCc4ccccc4)cn23)CC1. The van der Waals surface area contributed by atoms with Crippen LogP contribution in [0.25, 0.3) is 16.6 Å². The number of carbonyl (C=O) groups is 1. The van der Waals surface area contributed by atoms with E-state index in [2.05, 4.69) is 44.5 Å². The summed E-state index contributed by atoms with van der Waals surface area (Å²) in [4.78, 5) is 20.2. The van der Waals surface area contributed by atoms with Crippen LogP contribution in [0.2, 0.25) is 0 Å². The number of carboxylic acids is 1. The van der Waals surface area contributed by atoms with E-state index in [-0.39, 0.29) is 6.42 Å². The van der Waals surface area contributed by atoms with Gasteiger partial charge in [0, 0.05) is 38.8 Å². The Hall–Kier alpha value is -3.58. The first kappa shape index (κ1) is 20.3. The summed E-state index contributed by atoms with van der Waals surface area (Å²) < 4.78 is 8.15. The predicted molar refractivity (Wildman–Crippen MR) is 124 cm³/mol. The maximum atomic E-state index is 10.8. The quantitative estimate of drug-likeness (QED) is 0.483. The Morgan fingerprint density at radius 1 is 1.03 bits per heavy atom. The van der Waals surface area contributed by atoms with Crippen LogP contribution in [0.15, 0.2) is 67.0 Å². The summed E-state index contributed by atoms with van der Waals surface area (Å²) in [5, 5.41) is 8.92. The Balaban J connectivity index is 1.36. The summed E-state index contributed by atoms with van der Waals surface area (Å²) >= 11 is 0. The van der Waals surface area contributed by atoms with Crippen molar-refractivity contribution in [3.63, 3.8) is 0 Å². The highest BCUT2D eigenvalue weighted by Gasteiger charge is 2.20. The lowest BCUT2D eigenvalue weighted by Crippen LogP contribution is -2.47. The van der Waals surface area contributed by atoms with Crippen LogP contribution in [0.5, 0.6) is 5.75 Å². The number of fused-ring (bicyclic) bond motifs is 3. The second-order valence-corrected chi connectivity index (χ2v) is 8.12. The summed E-state index contributed by atoms with van der Waals surface area (Å²) in [5.74, 6) is 0.0779. The number of rotatable bonds is 7. The summed E-state index contributed by atoms with van der Waals surface area (Å²) in [6, 6.07) is 18.4. The molecule has 1 aliphatic rings. The highest BCUT2D eigenvalue weighted by Crippen LogP contribution is 2.29. The second kappa shape index (κ2) is 8.88. The van der Waals surface area contributed by atoms with Crippen LogP contribution < -0.4 is 9.64 Å². The van der Waals surface area contributed by atoms with Crippen LogP contribution in [-0.2, 0) is 11.4 Å². The molecule has 164 valence electrons. The highest BCUT2D eigenvalue weighted by molar-refractivity contribution is 5.90. The van der Waals surface area contributed by atoms with Gasteiger partial charge in [-0.15, -0.1) is 0 Å². The van der Waals surface area contributed by atoms with E-state index in [9.17, 15) is 4.79 Å². The van der Waals surface area contributed by atoms with E-state index in [0.29, 0.717) is 13.2 Å². The van der Waals surface area contributed by atoms with Gasteiger partial charge in [-0.25, -0.2) is 0 Å².